The first-order valence-electron chi connectivity index (χ1n) is 11.8. The number of rotatable bonds is 4. The Morgan fingerprint density at radius 2 is 1.65 bits per heavy atom. The number of fused-ring (bicyclic) bond motifs is 6. The number of carbonyl (C=O) groups excluding carboxylic acids is 3. The molecule has 0 aliphatic carbocycles. The number of ketones is 2. The highest BCUT2D eigenvalue weighted by atomic mass is 35.5. The van der Waals surface area contributed by atoms with Crippen LogP contribution in [0.2, 0.25) is 5.02 Å². The number of hydrogen-bond donors (Lipinski definition) is 1. The highest BCUT2D eigenvalue weighted by Crippen LogP contribution is 2.58. The van der Waals surface area contributed by atoms with Crippen LogP contribution in [0.25, 0.3) is 6.08 Å². The molecule has 4 atom stereocenters. The Morgan fingerprint density at radius 1 is 0.919 bits per heavy atom. The van der Waals surface area contributed by atoms with Crippen LogP contribution in [-0.4, -0.2) is 29.6 Å². The first-order chi connectivity index (χ1) is 18.0. The van der Waals surface area contributed by atoms with E-state index in [0.717, 1.165) is 16.8 Å². The van der Waals surface area contributed by atoms with Crippen LogP contribution in [0.1, 0.15) is 30.5 Å². The molecular weight excluding hydrogens is 524 g/mol. The second kappa shape index (κ2) is 8.25. The molecule has 182 valence electrons. The number of para-hydroxylation sites is 1. The number of halogens is 1. The van der Waals surface area contributed by atoms with Crippen LogP contribution in [0, 0.1) is 5.92 Å². The monoisotopic (exact) mass is 542 g/mol. The third-order valence-electron chi connectivity index (χ3n) is 7.67. The Labute approximate surface area is 226 Å². The summed E-state index contributed by atoms with van der Waals surface area (Å²) in [5.41, 5.74) is 1.76. The third kappa shape index (κ3) is 3.05. The molecule has 1 fully saturated rings. The molecule has 37 heavy (non-hydrogen) atoms. The van der Waals surface area contributed by atoms with Crippen molar-refractivity contribution in [2.45, 2.75) is 17.5 Å². The van der Waals surface area contributed by atoms with Gasteiger partial charge in [-0.2, -0.15) is 0 Å². The van der Waals surface area contributed by atoms with Crippen molar-refractivity contribution >= 4 is 69.2 Å². The molecule has 1 amide bonds. The summed E-state index contributed by atoms with van der Waals surface area (Å²) in [6, 6.07) is 18.8. The van der Waals surface area contributed by atoms with Crippen molar-refractivity contribution in [1.82, 2.24) is 0 Å². The van der Waals surface area contributed by atoms with Crippen molar-refractivity contribution in [2.24, 2.45) is 5.92 Å². The minimum absolute atomic E-state index is 0.167. The number of Topliss-reactive ketones (excluding diaryl/α,β-unsaturated/α-hetero) is 2. The molecule has 2 aromatic heterocycles. The van der Waals surface area contributed by atoms with Crippen molar-refractivity contribution in [3.05, 3.63) is 109 Å². The molecule has 1 saturated heterocycles. The van der Waals surface area contributed by atoms with Crippen LogP contribution >= 0.6 is 34.3 Å². The highest BCUT2D eigenvalue weighted by Gasteiger charge is 2.70. The maximum Gasteiger partial charge on any atom is 0.238 e. The van der Waals surface area contributed by atoms with Gasteiger partial charge in [-0.25, -0.2) is 0 Å². The Balaban J connectivity index is 1.55. The highest BCUT2D eigenvalue weighted by molar-refractivity contribution is 7.12. The van der Waals surface area contributed by atoms with Crippen molar-refractivity contribution in [2.75, 3.05) is 10.2 Å². The lowest BCUT2D eigenvalue weighted by molar-refractivity contribution is -0.121. The second-order valence-electron chi connectivity index (χ2n) is 9.39. The van der Waals surface area contributed by atoms with Gasteiger partial charge in [0.25, 0.3) is 0 Å². The zero-order valence-corrected chi connectivity index (χ0v) is 21.6. The van der Waals surface area contributed by atoms with Gasteiger partial charge in [-0.05, 0) is 58.3 Å². The Morgan fingerprint density at radius 3 is 2.38 bits per heavy atom. The van der Waals surface area contributed by atoms with Gasteiger partial charge in [-0.1, -0.05) is 54.1 Å². The van der Waals surface area contributed by atoms with Gasteiger partial charge in [0.05, 0.1) is 21.7 Å². The number of carbonyl (C=O) groups is 3. The summed E-state index contributed by atoms with van der Waals surface area (Å²) in [5.74, 6) is -1.57. The van der Waals surface area contributed by atoms with Gasteiger partial charge >= 0.3 is 0 Å². The van der Waals surface area contributed by atoms with Gasteiger partial charge < -0.3 is 10.2 Å². The average molecular weight is 543 g/mol. The second-order valence-corrected chi connectivity index (χ2v) is 11.7. The summed E-state index contributed by atoms with van der Waals surface area (Å²) >= 11 is 9.00. The molecule has 0 unspecified atom stereocenters. The van der Waals surface area contributed by atoms with E-state index in [-0.39, 0.29) is 17.5 Å². The zero-order chi connectivity index (χ0) is 25.3. The summed E-state index contributed by atoms with van der Waals surface area (Å²) in [4.78, 5) is 46.0. The molecule has 1 spiro atoms. The molecule has 0 saturated carbocycles. The summed E-state index contributed by atoms with van der Waals surface area (Å²) in [6.45, 7) is 0. The zero-order valence-electron chi connectivity index (χ0n) is 19.3. The molecule has 4 aromatic rings. The maximum absolute atomic E-state index is 14.4. The third-order valence-corrected chi connectivity index (χ3v) is 9.68. The molecule has 5 heterocycles. The standard InChI is InChI=1S/C29H19ClN2O3S2/c30-17-10-11-20-16(15-17)9-12-23-29(18-5-1-2-6-19(18)31-28(29)35)24(26(33)21-7-3-13-36-21)25(32(20)23)27(34)22-8-4-14-37-22/h1-15,23-25H,(H,31,35)/t23-,24+,25-,29-/m0/s1. The molecule has 0 bridgehead atoms. The maximum atomic E-state index is 14.4. The van der Waals surface area contributed by atoms with E-state index in [1.807, 2.05) is 76.3 Å². The van der Waals surface area contributed by atoms with E-state index in [1.165, 1.54) is 22.7 Å². The van der Waals surface area contributed by atoms with Crippen molar-refractivity contribution in [3.8, 4) is 0 Å². The smallest absolute Gasteiger partial charge is 0.238 e. The Hall–Kier alpha value is -3.52. The molecule has 3 aliphatic heterocycles. The lowest BCUT2D eigenvalue weighted by Crippen LogP contribution is -2.51. The van der Waals surface area contributed by atoms with Crippen molar-refractivity contribution in [3.63, 3.8) is 0 Å². The van der Waals surface area contributed by atoms with E-state index in [0.29, 0.717) is 20.5 Å². The number of hydrogen-bond acceptors (Lipinski definition) is 6. The number of nitrogens with zero attached hydrogens (tertiary/aromatic N) is 1. The Bertz CT molecular complexity index is 1610. The van der Waals surface area contributed by atoms with Crippen LogP contribution in [0.3, 0.4) is 0 Å². The van der Waals surface area contributed by atoms with Gasteiger partial charge in [-0.15, -0.1) is 22.7 Å². The molecule has 8 heteroatoms. The van der Waals surface area contributed by atoms with Gasteiger partial charge in [0, 0.05) is 16.4 Å². The molecule has 3 aliphatic rings. The fourth-order valence-electron chi connectivity index (χ4n) is 6.29. The van der Waals surface area contributed by atoms with E-state index >= 15 is 0 Å². The molecule has 1 N–H and O–H groups in total. The minimum atomic E-state index is -1.29. The number of anilines is 2. The van der Waals surface area contributed by atoms with E-state index in [1.54, 1.807) is 18.2 Å². The van der Waals surface area contributed by atoms with Crippen LogP contribution < -0.4 is 10.2 Å². The van der Waals surface area contributed by atoms with Crippen molar-refractivity contribution in [1.29, 1.82) is 0 Å². The lowest BCUT2D eigenvalue weighted by atomic mass is 9.65. The van der Waals surface area contributed by atoms with Crippen LogP contribution in [-0.2, 0) is 10.2 Å². The lowest BCUT2D eigenvalue weighted by Gasteiger charge is -2.37. The van der Waals surface area contributed by atoms with Crippen molar-refractivity contribution < 1.29 is 14.4 Å². The van der Waals surface area contributed by atoms with E-state index in [2.05, 4.69) is 5.32 Å². The number of benzene rings is 2. The minimum Gasteiger partial charge on any atom is -0.352 e. The molecule has 5 nitrogen and oxygen atoms in total. The van der Waals surface area contributed by atoms with E-state index in [9.17, 15) is 14.4 Å². The molecule has 0 radical (unpaired) electrons. The average Bonchev–Trinajstić information content (AvgIpc) is 3.70. The predicted molar refractivity (Wildman–Crippen MR) is 148 cm³/mol. The Kier molecular flexibility index (Phi) is 5.05. The predicted octanol–water partition coefficient (Wildman–Crippen LogP) is 6.32. The largest absolute Gasteiger partial charge is 0.352 e. The molecular formula is C29H19ClN2O3S2. The normalized spacial score (nSPS) is 25.1. The summed E-state index contributed by atoms with van der Waals surface area (Å²) in [7, 11) is 0. The van der Waals surface area contributed by atoms with Gasteiger partial charge in [-0.3, -0.25) is 14.4 Å². The van der Waals surface area contributed by atoms with Crippen LogP contribution in [0.4, 0.5) is 11.4 Å². The molecule has 7 rings (SSSR count). The summed E-state index contributed by atoms with van der Waals surface area (Å²) < 4.78 is 0. The number of amides is 1. The number of nitrogens with one attached hydrogen (secondary N) is 1. The molecule has 2 aromatic carbocycles. The van der Waals surface area contributed by atoms with Crippen LogP contribution in [0.15, 0.2) is 83.6 Å². The first-order valence-corrected chi connectivity index (χ1v) is 14.0. The SMILES string of the molecule is O=C(c1cccs1)[C@@H]1[C@H](C(=O)c2cccs2)[C@@]2(C(=O)Nc3ccccc32)[C@@H]2C=Cc3cc(Cl)ccc3N12. The van der Waals surface area contributed by atoms with Gasteiger partial charge in [0.15, 0.2) is 11.6 Å². The topological polar surface area (TPSA) is 66.5 Å². The fraction of sp³-hybridized carbons (Fsp3) is 0.138. The van der Waals surface area contributed by atoms with E-state index < -0.39 is 23.4 Å². The summed E-state index contributed by atoms with van der Waals surface area (Å²) in [5, 5.41) is 7.32. The quantitative estimate of drug-likeness (QED) is 0.306. The van der Waals surface area contributed by atoms with E-state index in [4.69, 9.17) is 11.6 Å². The van der Waals surface area contributed by atoms with Gasteiger partial charge in [0.2, 0.25) is 5.91 Å². The fourth-order valence-corrected chi connectivity index (χ4v) is 7.87. The van der Waals surface area contributed by atoms with Gasteiger partial charge in [0.1, 0.15) is 11.5 Å². The summed E-state index contributed by atoms with van der Waals surface area (Å²) in [6.07, 6.45) is 3.90. The first kappa shape index (κ1) is 22.7. The van der Waals surface area contributed by atoms with Crippen LogP contribution in [0.5, 0.6) is 0 Å². The number of thiophene rings is 2.